The fourth-order valence-electron chi connectivity index (χ4n) is 5.33. The van der Waals surface area contributed by atoms with Crippen LogP contribution in [0.4, 0.5) is 5.69 Å². The van der Waals surface area contributed by atoms with Gasteiger partial charge in [-0.25, -0.2) is 0 Å². The second kappa shape index (κ2) is 10.3. The molecule has 1 unspecified atom stereocenters. The lowest BCUT2D eigenvalue weighted by molar-refractivity contribution is -0.133. The van der Waals surface area contributed by atoms with E-state index in [9.17, 15) is 9.59 Å². The molecule has 2 heterocycles. The van der Waals surface area contributed by atoms with Gasteiger partial charge in [-0.2, -0.15) is 0 Å². The van der Waals surface area contributed by atoms with Crippen LogP contribution in [0.5, 0.6) is 0 Å². The molecule has 0 spiro atoms. The van der Waals surface area contributed by atoms with Crippen LogP contribution in [0.2, 0.25) is 0 Å². The number of unbranched alkanes of at least 4 members (excludes halogenated alkanes) is 1. The molecular weight excluding hydrogens is 386 g/mol. The molecule has 1 aliphatic carbocycles. The van der Waals surface area contributed by atoms with Crippen molar-refractivity contribution in [2.75, 3.05) is 44.2 Å². The van der Waals surface area contributed by atoms with Gasteiger partial charge in [0.2, 0.25) is 11.8 Å². The third-order valence-electron chi connectivity index (χ3n) is 7.28. The SMILES string of the molecule is Cc1ccccc1N1CCN(C(=O)CCCCC(=O)N2CCC3CCCC=C3C2)CC1. The van der Waals surface area contributed by atoms with Crippen molar-refractivity contribution in [3.05, 3.63) is 41.5 Å². The molecule has 0 radical (unpaired) electrons. The first-order chi connectivity index (χ1) is 15.1. The highest BCUT2D eigenvalue weighted by Crippen LogP contribution is 2.32. The van der Waals surface area contributed by atoms with Gasteiger partial charge in [-0.05, 0) is 63.0 Å². The van der Waals surface area contributed by atoms with E-state index in [-0.39, 0.29) is 11.8 Å². The molecule has 5 nitrogen and oxygen atoms in total. The Hall–Kier alpha value is -2.30. The number of carbonyl (C=O) groups is 2. The minimum absolute atomic E-state index is 0.241. The van der Waals surface area contributed by atoms with E-state index in [2.05, 4.69) is 42.2 Å². The van der Waals surface area contributed by atoms with Gasteiger partial charge in [0.05, 0.1) is 0 Å². The molecule has 0 N–H and O–H groups in total. The number of hydrogen-bond acceptors (Lipinski definition) is 3. The number of amides is 2. The van der Waals surface area contributed by atoms with Gasteiger partial charge in [0.1, 0.15) is 0 Å². The highest BCUT2D eigenvalue weighted by Gasteiger charge is 2.27. The summed E-state index contributed by atoms with van der Waals surface area (Å²) in [5, 5.41) is 0. The molecule has 0 saturated carbocycles. The van der Waals surface area contributed by atoms with Crippen molar-refractivity contribution in [1.82, 2.24) is 9.80 Å². The van der Waals surface area contributed by atoms with Crippen LogP contribution < -0.4 is 4.90 Å². The van der Waals surface area contributed by atoms with E-state index in [1.807, 2.05) is 9.80 Å². The number of carbonyl (C=O) groups excluding carboxylic acids is 2. The summed E-state index contributed by atoms with van der Waals surface area (Å²) >= 11 is 0. The van der Waals surface area contributed by atoms with Crippen LogP contribution in [0, 0.1) is 12.8 Å². The Kier molecular flexibility index (Phi) is 7.31. The molecule has 0 aromatic heterocycles. The van der Waals surface area contributed by atoms with Crippen LogP contribution in [-0.4, -0.2) is 60.9 Å². The summed E-state index contributed by atoms with van der Waals surface area (Å²) in [5.41, 5.74) is 4.06. The number of nitrogens with zero attached hydrogens (tertiary/aromatic N) is 3. The van der Waals surface area contributed by atoms with Crippen LogP contribution in [0.25, 0.3) is 0 Å². The van der Waals surface area contributed by atoms with Gasteiger partial charge in [0.15, 0.2) is 0 Å². The summed E-state index contributed by atoms with van der Waals surface area (Å²) in [5.74, 6) is 1.23. The lowest BCUT2D eigenvalue weighted by atomic mass is 9.82. The van der Waals surface area contributed by atoms with Crippen LogP contribution in [0.3, 0.4) is 0 Å². The van der Waals surface area contributed by atoms with E-state index in [4.69, 9.17) is 0 Å². The molecular formula is C26H37N3O2. The van der Waals surface area contributed by atoms with Gasteiger partial charge >= 0.3 is 0 Å². The Morgan fingerprint density at radius 1 is 0.903 bits per heavy atom. The number of fused-ring (bicyclic) bond motifs is 1. The molecule has 1 aromatic rings. The number of rotatable bonds is 6. The van der Waals surface area contributed by atoms with E-state index < -0.39 is 0 Å². The van der Waals surface area contributed by atoms with Gasteiger partial charge in [-0.1, -0.05) is 29.8 Å². The van der Waals surface area contributed by atoms with Crippen molar-refractivity contribution >= 4 is 17.5 Å². The van der Waals surface area contributed by atoms with Gasteiger partial charge in [0, 0.05) is 57.8 Å². The first-order valence-electron chi connectivity index (χ1n) is 12.2. The van der Waals surface area contributed by atoms with Crippen molar-refractivity contribution in [2.24, 2.45) is 5.92 Å². The quantitative estimate of drug-likeness (QED) is 0.510. The minimum Gasteiger partial charge on any atom is -0.368 e. The Morgan fingerprint density at radius 3 is 2.35 bits per heavy atom. The highest BCUT2D eigenvalue weighted by atomic mass is 16.2. The lowest BCUT2D eigenvalue weighted by Gasteiger charge is -2.37. The fraction of sp³-hybridized carbons (Fsp3) is 0.615. The number of para-hydroxylation sites is 1. The predicted molar refractivity (Wildman–Crippen MR) is 125 cm³/mol. The summed E-state index contributed by atoms with van der Waals surface area (Å²) in [7, 11) is 0. The first kappa shape index (κ1) is 21.9. The normalized spacial score (nSPS) is 21.5. The number of benzene rings is 1. The van der Waals surface area contributed by atoms with Gasteiger partial charge < -0.3 is 14.7 Å². The van der Waals surface area contributed by atoms with Gasteiger partial charge in [-0.3, -0.25) is 9.59 Å². The Bertz CT molecular complexity index is 811. The number of piperidine rings is 1. The number of piperazine rings is 1. The highest BCUT2D eigenvalue weighted by molar-refractivity contribution is 5.78. The molecule has 0 bridgehead atoms. The average Bonchev–Trinajstić information content (AvgIpc) is 2.81. The number of aryl methyl sites for hydroxylation is 1. The number of allylic oxidation sites excluding steroid dienone is 1. The van der Waals surface area contributed by atoms with Crippen LogP contribution in [0.1, 0.15) is 56.9 Å². The van der Waals surface area contributed by atoms with Crippen molar-refractivity contribution in [1.29, 1.82) is 0 Å². The number of hydrogen-bond donors (Lipinski definition) is 0. The largest absolute Gasteiger partial charge is 0.368 e. The molecule has 4 rings (SSSR count). The molecule has 1 aromatic carbocycles. The molecule has 5 heteroatoms. The zero-order chi connectivity index (χ0) is 21.6. The second-order valence-electron chi connectivity index (χ2n) is 9.37. The third-order valence-corrected chi connectivity index (χ3v) is 7.28. The maximum atomic E-state index is 12.6. The monoisotopic (exact) mass is 423 g/mol. The third kappa shape index (κ3) is 5.50. The summed E-state index contributed by atoms with van der Waals surface area (Å²) in [6.07, 6.45) is 10.0. The minimum atomic E-state index is 0.241. The Morgan fingerprint density at radius 2 is 1.61 bits per heavy atom. The van der Waals surface area contributed by atoms with Gasteiger partial charge in [-0.15, -0.1) is 0 Å². The summed E-state index contributed by atoms with van der Waals surface area (Å²) in [4.78, 5) is 31.6. The smallest absolute Gasteiger partial charge is 0.222 e. The van der Waals surface area contributed by atoms with Crippen molar-refractivity contribution in [3.8, 4) is 0 Å². The van der Waals surface area contributed by atoms with Crippen molar-refractivity contribution < 1.29 is 9.59 Å². The second-order valence-corrected chi connectivity index (χ2v) is 9.37. The Balaban J connectivity index is 1.14. The van der Waals surface area contributed by atoms with Crippen molar-refractivity contribution in [3.63, 3.8) is 0 Å². The molecule has 2 amide bonds. The van der Waals surface area contributed by atoms with E-state index >= 15 is 0 Å². The topological polar surface area (TPSA) is 43.9 Å². The zero-order valence-corrected chi connectivity index (χ0v) is 19.0. The predicted octanol–water partition coefficient (Wildman–Crippen LogP) is 4.16. The molecule has 3 aliphatic rings. The summed E-state index contributed by atoms with van der Waals surface area (Å²) in [6.45, 7) is 7.25. The van der Waals surface area contributed by atoms with E-state index in [0.717, 1.165) is 64.4 Å². The van der Waals surface area contributed by atoms with E-state index in [1.54, 1.807) is 0 Å². The molecule has 1 atom stereocenters. The number of anilines is 1. The lowest BCUT2D eigenvalue weighted by Crippen LogP contribution is -2.48. The maximum Gasteiger partial charge on any atom is 0.222 e. The zero-order valence-electron chi connectivity index (χ0n) is 19.0. The van der Waals surface area contributed by atoms with Crippen LogP contribution >= 0.6 is 0 Å². The standard InChI is InChI=1S/C26H37N3O2/c1-21-8-2-5-11-24(21)27-16-18-28(19-17-27)25(30)12-6-7-13-26(31)29-15-14-22-9-3-4-10-23(22)20-29/h2,5,8,10-11,22H,3-4,6-7,9,12-20H2,1H3. The average molecular weight is 424 g/mol. The van der Waals surface area contributed by atoms with Crippen LogP contribution in [0.15, 0.2) is 35.9 Å². The van der Waals surface area contributed by atoms with Gasteiger partial charge in [0.25, 0.3) is 0 Å². The fourth-order valence-corrected chi connectivity index (χ4v) is 5.33. The molecule has 31 heavy (non-hydrogen) atoms. The molecule has 168 valence electrons. The van der Waals surface area contributed by atoms with Crippen LogP contribution in [-0.2, 0) is 9.59 Å². The first-order valence-corrected chi connectivity index (χ1v) is 12.2. The molecule has 2 saturated heterocycles. The maximum absolute atomic E-state index is 12.6. The summed E-state index contributed by atoms with van der Waals surface area (Å²) < 4.78 is 0. The molecule has 2 aliphatic heterocycles. The van der Waals surface area contributed by atoms with Crippen molar-refractivity contribution in [2.45, 2.75) is 58.3 Å². The van der Waals surface area contributed by atoms with E-state index in [1.165, 1.54) is 36.1 Å². The number of likely N-dealkylation sites (tertiary alicyclic amines) is 1. The Labute approximate surface area is 187 Å². The molecule has 2 fully saturated rings. The summed E-state index contributed by atoms with van der Waals surface area (Å²) in [6, 6.07) is 8.45. The van der Waals surface area contributed by atoms with E-state index in [0.29, 0.717) is 12.8 Å².